The van der Waals surface area contributed by atoms with Gasteiger partial charge in [0.15, 0.2) is 0 Å². The predicted octanol–water partition coefficient (Wildman–Crippen LogP) is 2.93. The van der Waals surface area contributed by atoms with Crippen molar-refractivity contribution in [2.45, 2.75) is 58.3 Å². The lowest BCUT2D eigenvalue weighted by Crippen LogP contribution is -1.94. The van der Waals surface area contributed by atoms with E-state index in [-0.39, 0.29) is 5.92 Å². The van der Waals surface area contributed by atoms with Crippen molar-refractivity contribution >= 4 is 6.29 Å². The molecule has 2 nitrogen and oxygen atoms in total. The van der Waals surface area contributed by atoms with E-state index in [0.717, 1.165) is 25.5 Å². The fourth-order valence-electron chi connectivity index (χ4n) is 1.53. The highest BCUT2D eigenvalue weighted by molar-refractivity contribution is 5.52. The van der Waals surface area contributed by atoms with Crippen LogP contribution in [0.5, 0.6) is 0 Å². The first kappa shape index (κ1) is 13.6. The quantitative estimate of drug-likeness (QED) is 0.435. The molecule has 0 aliphatic carbocycles. The molecular formula is C12H24O2. The summed E-state index contributed by atoms with van der Waals surface area (Å²) in [6.07, 6.45) is 10.4. The van der Waals surface area contributed by atoms with Crippen LogP contribution in [0.4, 0.5) is 0 Å². The zero-order valence-electron chi connectivity index (χ0n) is 9.37. The third kappa shape index (κ3) is 9.72. The van der Waals surface area contributed by atoms with Gasteiger partial charge >= 0.3 is 0 Å². The van der Waals surface area contributed by atoms with Crippen molar-refractivity contribution in [2.75, 3.05) is 6.61 Å². The minimum atomic E-state index is 0.240. The molecule has 0 amide bonds. The van der Waals surface area contributed by atoms with E-state index in [1.165, 1.54) is 32.1 Å². The Morgan fingerprint density at radius 2 is 1.50 bits per heavy atom. The SMILES string of the molecule is CC(C=O)CCCCCCCCCO. The van der Waals surface area contributed by atoms with Crippen molar-refractivity contribution in [3.05, 3.63) is 0 Å². The molecule has 1 N–H and O–H groups in total. The van der Waals surface area contributed by atoms with Crippen molar-refractivity contribution in [1.82, 2.24) is 0 Å². The van der Waals surface area contributed by atoms with Crippen LogP contribution >= 0.6 is 0 Å². The molecule has 0 spiro atoms. The average molecular weight is 200 g/mol. The number of rotatable bonds is 10. The maximum absolute atomic E-state index is 10.3. The van der Waals surface area contributed by atoms with Crippen LogP contribution in [0.15, 0.2) is 0 Å². The second kappa shape index (κ2) is 10.7. The van der Waals surface area contributed by atoms with Crippen LogP contribution in [-0.4, -0.2) is 18.0 Å². The Morgan fingerprint density at radius 1 is 1.00 bits per heavy atom. The van der Waals surface area contributed by atoms with Crippen molar-refractivity contribution in [3.8, 4) is 0 Å². The lowest BCUT2D eigenvalue weighted by Gasteiger charge is -2.03. The molecule has 0 bridgehead atoms. The summed E-state index contributed by atoms with van der Waals surface area (Å²) in [6, 6.07) is 0. The van der Waals surface area contributed by atoms with Gasteiger partial charge in [0, 0.05) is 12.5 Å². The maximum Gasteiger partial charge on any atom is 0.122 e. The highest BCUT2D eigenvalue weighted by atomic mass is 16.2. The second-order valence-corrected chi connectivity index (χ2v) is 4.10. The fourth-order valence-corrected chi connectivity index (χ4v) is 1.53. The van der Waals surface area contributed by atoms with E-state index in [0.29, 0.717) is 6.61 Å². The molecule has 0 saturated heterocycles. The number of hydrogen-bond donors (Lipinski definition) is 1. The molecule has 1 atom stereocenters. The summed E-state index contributed by atoms with van der Waals surface area (Å²) in [4.78, 5) is 10.3. The number of hydrogen-bond acceptors (Lipinski definition) is 2. The van der Waals surface area contributed by atoms with Gasteiger partial charge in [-0.25, -0.2) is 0 Å². The minimum absolute atomic E-state index is 0.240. The highest BCUT2D eigenvalue weighted by Gasteiger charge is 1.98. The van der Waals surface area contributed by atoms with Crippen LogP contribution < -0.4 is 0 Å². The Balaban J connectivity index is 2.95. The Bertz CT molecular complexity index is 123. The Kier molecular flexibility index (Phi) is 10.4. The molecule has 0 aliphatic heterocycles. The lowest BCUT2D eigenvalue weighted by molar-refractivity contribution is -0.110. The van der Waals surface area contributed by atoms with E-state index < -0.39 is 0 Å². The van der Waals surface area contributed by atoms with Crippen molar-refractivity contribution in [3.63, 3.8) is 0 Å². The summed E-state index contributed by atoms with van der Waals surface area (Å²) in [7, 11) is 0. The summed E-state index contributed by atoms with van der Waals surface area (Å²) >= 11 is 0. The number of aliphatic hydroxyl groups excluding tert-OH is 1. The summed E-state index contributed by atoms with van der Waals surface area (Å²) in [5.74, 6) is 0.240. The molecule has 0 aromatic rings. The van der Waals surface area contributed by atoms with Gasteiger partial charge in [-0.2, -0.15) is 0 Å². The van der Waals surface area contributed by atoms with E-state index in [4.69, 9.17) is 5.11 Å². The van der Waals surface area contributed by atoms with Crippen LogP contribution in [0.3, 0.4) is 0 Å². The molecule has 0 fully saturated rings. The number of unbranched alkanes of at least 4 members (excludes halogenated alkanes) is 6. The second-order valence-electron chi connectivity index (χ2n) is 4.10. The molecule has 1 unspecified atom stereocenters. The van der Waals surface area contributed by atoms with E-state index in [2.05, 4.69) is 0 Å². The summed E-state index contributed by atoms with van der Waals surface area (Å²) < 4.78 is 0. The van der Waals surface area contributed by atoms with E-state index in [1.54, 1.807) is 0 Å². The van der Waals surface area contributed by atoms with Crippen LogP contribution in [-0.2, 0) is 4.79 Å². The van der Waals surface area contributed by atoms with Gasteiger partial charge in [-0.3, -0.25) is 0 Å². The van der Waals surface area contributed by atoms with Gasteiger partial charge in [-0.05, 0) is 12.8 Å². The Morgan fingerprint density at radius 3 is 2.00 bits per heavy atom. The smallest absolute Gasteiger partial charge is 0.122 e. The van der Waals surface area contributed by atoms with Crippen LogP contribution in [0.25, 0.3) is 0 Å². The molecule has 2 heteroatoms. The fraction of sp³-hybridized carbons (Fsp3) is 0.917. The van der Waals surface area contributed by atoms with Crippen LogP contribution in [0.1, 0.15) is 58.3 Å². The first-order valence-electron chi connectivity index (χ1n) is 5.87. The molecule has 0 heterocycles. The molecule has 0 aromatic carbocycles. The largest absolute Gasteiger partial charge is 0.396 e. The normalized spacial score (nSPS) is 12.7. The first-order valence-corrected chi connectivity index (χ1v) is 5.87. The van der Waals surface area contributed by atoms with E-state index in [9.17, 15) is 4.79 Å². The van der Waals surface area contributed by atoms with Crippen LogP contribution in [0, 0.1) is 5.92 Å². The highest BCUT2D eigenvalue weighted by Crippen LogP contribution is 2.11. The molecule has 0 saturated carbocycles. The van der Waals surface area contributed by atoms with Gasteiger partial charge in [-0.1, -0.05) is 45.4 Å². The number of carbonyl (C=O) groups excluding carboxylic acids is 1. The van der Waals surface area contributed by atoms with Gasteiger partial charge in [0.1, 0.15) is 6.29 Å². The maximum atomic E-state index is 10.3. The topological polar surface area (TPSA) is 37.3 Å². The third-order valence-electron chi connectivity index (χ3n) is 2.55. The molecule has 0 radical (unpaired) electrons. The molecule has 14 heavy (non-hydrogen) atoms. The Hall–Kier alpha value is -0.370. The molecule has 84 valence electrons. The zero-order chi connectivity index (χ0) is 10.6. The van der Waals surface area contributed by atoms with Gasteiger partial charge < -0.3 is 9.90 Å². The van der Waals surface area contributed by atoms with Gasteiger partial charge in [0.25, 0.3) is 0 Å². The first-order chi connectivity index (χ1) is 6.81. The molecule has 0 aromatic heterocycles. The van der Waals surface area contributed by atoms with Crippen molar-refractivity contribution in [2.24, 2.45) is 5.92 Å². The van der Waals surface area contributed by atoms with Gasteiger partial charge in [-0.15, -0.1) is 0 Å². The average Bonchev–Trinajstić information content (AvgIpc) is 2.21. The summed E-state index contributed by atoms with van der Waals surface area (Å²) in [5, 5.41) is 8.56. The predicted molar refractivity (Wildman–Crippen MR) is 59.2 cm³/mol. The van der Waals surface area contributed by atoms with E-state index in [1.807, 2.05) is 6.92 Å². The van der Waals surface area contributed by atoms with Crippen LogP contribution in [0.2, 0.25) is 0 Å². The third-order valence-corrected chi connectivity index (χ3v) is 2.55. The van der Waals surface area contributed by atoms with E-state index >= 15 is 0 Å². The lowest BCUT2D eigenvalue weighted by atomic mass is 10.0. The Labute approximate surface area is 87.7 Å². The number of aldehydes is 1. The summed E-state index contributed by atoms with van der Waals surface area (Å²) in [5.41, 5.74) is 0. The molecule has 0 rings (SSSR count). The molecular weight excluding hydrogens is 176 g/mol. The van der Waals surface area contributed by atoms with Gasteiger partial charge in [0.2, 0.25) is 0 Å². The van der Waals surface area contributed by atoms with Crippen molar-refractivity contribution in [1.29, 1.82) is 0 Å². The summed E-state index contributed by atoms with van der Waals surface area (Å²) in [6.45, 7) is 2.31. The van der Waals surface area contributed by atoms with Gasteiger partial charge in [0.05, 0.1) is 0 Å². The molecule has 0 aliphatic rings. The number of aliphatic hydroxyl groups is 1. The number of carbonyl (C=O) groups is 1. The standard InChI is InChI=1S/C12H24O2/c1-12(11-14)9-7-5-3-2-4-6-8-10-13/h11-13H,2-10H2,1H3. The monoisotopic (exact) mass is 200 g/mol. The minimum Gasteiger partial charge on any atom is -0.396 e. The van der Waals surface area contributed by atoms with Crippen molar-refractivity contribution < 1.29 is 9.90 Å². The zero-order valence-corrected chi connectivity index (χ0v) is 9.37.